The highest BCUT2D eigenvalue weighted by Crippen LogP contribution is 2.35. The van der Waals surface area contributed by atoms with E-state index in [0.29, 0.717) is 5.01 Å². The average Bonchev–Trinajstić information content (AvgIpc) is 2.52. The smallest absolute Gasteiger partial charge is 0.430 e. The number of hydrogen-bond acceptors (Lipinski definition) is 9. The Kier molecular flexibility index (Phi) is 4.71. The van der Waals surface area contributed by atoms with Crippen LogP contribution in [0.2, 0.25) is 5.28 Å². The van der Waals surface area contributed by atoms with Gasteiger partial charge in [0.05, 0.1) is 33.4 Å². The highest BCUT2D eigenvalue weighted by Gasteiger charge is 2.28. The molecular weight excluding hydrogens is 348 g/mol. The molecule has 2 N–H and O–H groups in total. The summed E-state index contributed by atoms with van der Waals surface area (Å²) in [5.41, 5.74) is -1.69. The normalized spacial score (nSPS) is 10.5. The number of hydrogen-bond donors (Lipinski definition) is 1. The fourth-order valence-electron chi connectivity index (χ4n) is 1.86. The van der Waals surface area contributed by atoms with Crippen molar-refractivity contribution in [3.63, 3.8) is 0 Å². The van der Waals surface area contributed by atoms with Crippen LogP contribution in [0.4, 0.5) is 22.0 Å². The molecule has 0 unspecified atom stereocenters. The molecule has 1 amide bonds. The minimum Gasteiger partial charge on any atom is -0.448 e. The quantitative estimate of drug-likeness (QED) is 0.283. The molecule has 0 aliphatic rings. The Morgan fingerprint density at radius 1 is 1.29 bits per heavy atom. The number of hydrazine groups is 1. The molecule has 0 spiro atoms. The van der Waals surface area contributed by atoms with Gasteiger partial charge < -0.3 is 4.74 Å². The molecule has 0 saturated carbocycles. The van der Waals surface area contributed by atoms with E-state index in [1.807, 2.05) is 0 Å². The van der Waals surface area contributed by atoms with Crippen LogP contribution in [0, 0.1) is 20.2 Å². The molecule has 0 aliphatic carbocycles. The lowest BCUT2D eigenvalue weighted by Gasteiger charge is -2.16. The van der Waals surface area contributed by atoms with Crippen LogP contribution in [0.3, 0.4) is 0 Å². The molecule has 0 fully saturated rings. The Morgan fingerprint density at radius 3 is 2.42 bits per heavy atom. The van der Waals surface area contributed by atoms with E-state index in [0.717, 1.165) is 12.1 Å². The molecule has 0 bridgehead atoms. The Labute approximate surface area is 138 Å². The molecule has 2 aromatic rings. The number of nitrogens with zero attached hydrogens (tertiary/aromatic N) is 5. The number of nitro groups is 2. The van der Waals surface area contributed by atoms with Gasteiger partial charge in [-0.1, -0.05) is 0 Å². The summed E-state index contributed by atoms with van der Waals surface area (Å²) in [7, 11) is 0. The van der Waals surface area contributed by atoms with Gasteiger partial charge in [0.25, 0.3) is 0 Å². The van der Waals surface area contributed by atoms with Crippen molar-refractivity contribution in [1.29, 1.82) is 0 Å². The van der Waals surface area contributed by atoms with Gasteiger partial charge >= 0.3 is 17.5 Å². The zero-order chi connectivity index (χ0) is 18.0. The number of anilines is 1. The molecule has 1 aromatic heterocycles. The lowest BCUT2D eigenvalue weighted by atomic mass is 10.2. The zero-order valence-corrected chi connectivity index (χ0v) is 12.8. The Bertz CT molecular complexity index is 859. The number of benzene rings is 1. The van der Waals surface area contributed by atoms with Crippen LogP contribution in [0.15, 0.2) is 12.1 Å². The Balaban J connectivity index is 2.77. The molecule has 2 rings (SSSR count). The number of ether oxygens (including phenoxy) is 1. The van der Waals surface area contributed by atoms with Crippen molar-refractivity contribution in [2.24, 2.45) is 5.84 Å². The van der Waals surface area contributed by atoms with Crippen LogP contribution in [-0.2, 0) is 4.74 Å². The lowest BCUT2D eigenvalue weighted by molar-refractivity contribution is -0.422. The second kappa shape index (κ2) is 6.55. The first kappa shape index (κ1) is 17.2. The van der Waals surface area contributed by atoms with Crippen molar-refractivity contribution in [2.45, 2.75) is 6.92 Å². The lowest BCUT2D eigenvalue weighted by Crippen LogP contribution is -2.38. The number of nitro benzene ring substituents is 2. The maximum Gasteiger partial charge on any atom is 0.430 e. The van der Waals surface area contributed by atoms with Crippen molar-refractivity contribution < 1.29 is 19.4 Å². The van der Waals surface area contributed by atoms with Gasteiger partial charge in [0.2, 0.25) is 5.28 Å². The molecule has 1 heterocycles. The number of carbonyl (C=O) groups excluding carboxylic acids is 1. The van der Waals surface area contributed by atoms with Crippen LogP contribution < -0.4 is 10.9 Å². The van der Waals surface area contributed by atoms with Crippen LogP contribution in [0.5, 0.6) is 0 Å². The summed E-state index contributed by atoms with van der Waals surface area (Å²) in [5, 5.41) is 22.1. The number of nitrogens with two attached hydrogens (primary N) is 1. The van der Waals surface area contributed by atoms with E-state index in [9.17, 15) is 25.0 Å². The third-order valence-corrected chi connectivity index (χ3v) is 3.00. The number of carbonyl (C=O) groups is 1. The molecule has 0 saturated heterocycles. The number of halogens is 1. The van der Waals surface area contributed by atoms with E-state index < -0.39 is 27.3 Å². The van der Waals surface area contributed by atoms with E-state index in [-0.39, 0.29) is 28.6 Å². The van der Waals surface area contributed by atoms with Gasteiger partial charge in [0, 0.05) is 6.07 Å². The van der Waals surface area contributed by atoms with Crippen LogP contribution in [-0.4, -0.2) is 32.5 Å². The van der Waals surface area contributed by atoms with Gasteiger partial charge in [-0.3, -0.25) is 20.2 Å². The minimum atomic E-state index is -0.991. The molecule has 12 nitrogen and oxygen atoms in total. The van der Waals surface area contributed by atoms with Crippen molar-refractivity contribution >= 4 is 45.8 Å². The van der Waals surface area contributed by atoms with Crippen LogP contribution in [0.1, 0.15) is 6.92 Å². The standard InChI is InChI=1S/C11H9ClN6O6/c1-2-24-11(19)16(13)9-5-3-7(17(20)21)8(18(22)23)4-6(5)14-10(12)15-9/h3-4H,2,13H2,1H3. The average molecular weight is 357 g/mol. The zero-order valence-electron chi connectivity index (χ0n) is 12.0. The highest BCUT2D eigenvalue weighted by molar-refractivity contribution is 6.29. The van der Waals surface area contributed by atoms with Crippen molar-refractivity contribution in [2.75, 3.05) is 11.6 Å². The molecule has 13 heteroatoms. The highest BCUT2D eigenvalue weighted by atomic mass is 35.5. The number of rotatable bonds is 4. The second-order valence-corrected chi connectivity index (χ2v) is 4.60. The third-order valence-electron chi connectivity index (χ3n) is 2.83. The first-order valence-corrected chi connectivity index (χ1v) is 6.65. The molecule has 0 aliphatic heterocycles. The van der Waals surface area contributed by atoms with E-state index in [1.165, 1.54) is 0 Å². The molecule has 24 heavy (non-hydrogen) atoms. The maximum absolute atomic E-state index is 11.7. The monoisotopic (exact) mass is 356 g/mol. The van der Waals surface area contributed by atoms with E-state index in [1.54, 1.807) is 6.92 Å². The topological polar surface area (TPSA) is 168 Å². The van der Waals surface area contributed by atoms with Gasteiger partial charge in [-0.15, -0.1) is 0 Å². The summed E-state index contributed by atoms with van der Waals surface area (Å²) in [4.78, 5) is 39.4. The Hall–Kier alpha value is -3.12. The van der Waals surface area contributed by atoms with Crippen molar-refractivity contribution in [3.05, 3.63) is 37.6 Å². The maximum atomic E-state index is 11.7. The van der Waals surface area contributed by atoms with Gasteiger partial charge in [-0.25, -0.2) is 15.6 Å². The summed E-state index contributed by atoms with van der Waals surface area (Å²) < 4.78 is 4.70. The first-order chi connectivity index (χ1) is 11.3. The molecular formula is C11H9ClN6O6. The summed E-state index contributed by atoms with van der Waals surface area (Å²) in [5.74, 6) is 5.30. The van der Waals surface area contributed by atoms with Crippen molar-refractivity contribution in [1.82, 2.24) is 9.97 Å². The first-order valence-electron chi connectivity index (χ1n) is 6.28. The molecule has 0 atom stereocenters. The van der Waals surface area contributed by atoms with Gasteiger partial charge in [0.15, 0.2) is 5.82 Å². The summed E-state index contributed by atoms with van der Waals surface area (Å²) in [6.07, 6.45) is -0.991. The second-order valence-electron chi connectivity index (χ2n) is 4.26. The molecule has 0 radical (unpaired) electrons. The number of fused-ring (bicyclic) bond motifs is 1. The SMILES string of the molecule is CCOC(=O)N(N)c1nc(Cl)nc2cc([N+](=O)[O-])c([N+](=O)[O-])cc12. The fraction of sp³-hybridized carbons (Fsp3) is 0.182. The summed E-state index contributed by atoms with van der Waals surface area (Å²) in [6, 6.07) is 1.70. The van der Waals surface area contributed by atoms with E-state index in [2.05, 4.69) is 9.97 Å². The van der Waals surface area contributed by atoms with Crippen molar-refractivity contribution in [3.8, 4) is 0 Å². The van der Waals surface area contributed by atoms with E-state index >= 15 is 0 Å². The molecule has 1 aromatic carbocycles. The van der Waals surface area contributed by atoms with Gasteiger partial charge in [0.1, 0.15) is 0 Å². The molecule has 126 valence electrons. The predicted octanol–water partition coefficient (Wildman–Crippen LogP) is 1.94. The summed E-state index contributed by atoms with van der Waals surface area (Å²) >= 11 is 5.72. The minimum absolute atomic E-state index is 0.0227. The number of aromatic nitrogens is 2. The predicted molar refractivity (Wildman–Crippen MR) is 81.5 cm³/mol. The Morgan fingerprint density at radius 2 is 1.88 bits per heavy atom. The third kappa shape index (κ3) is 3.13. The van der Waals surface area contributed by atoms with Crippen LogP contribution >= 0.6 is 11.6 Å². The van der Waals surface area contributed by atoms with Crippen LogP contribution in [0.25, 0.3) is 10.9 Å². The van der Waals surface area contributed by atoms with E-state index in [4.69, 9.17) is 22.2 Å². The largest absolute Gasteiger partial charge is 0.448 e. The van der Waals surface area contributed by atoms with Gasteiger partial charge in [-0.05, 0) is 18.5 Å². The summed E-state index contributed by atoms with van der Waals surface area (Å²) in [6.45, 7) is 1.57. The fourth-order valence-corrected chi connectivity index (χ4v) is 2.04. The number of amides is 1. The van der Waals surface area contributed by atoms with Gasteiger partial charge in [-0.2, -0.15) is 9.99 Å².